The third-order valence-electron chi connectivity index (χ3n) is 3.50. The van der Waals surface area contributed by atoms with Crippen LogP contribution in [0.5, 0.6) is 0 Å². The van der Waals surface area contributed by atoms with Gasteiger partial charge in [0, 0.05) is 25.3 Å². The van der Waals surface area contributed by atoms with Crippen molar-refractivity contribution in [3.05, 3.63) is 35.6 Å². The minimum atomic E-state index is -0.230. The van der Waals surface area contributed by atoms with E-state index in [-0.39, 0.29) is 12.4 Å². The molecule has 0 aliphatic carbocycles. The van der Waals surface area contributed by atoms with Crippen molar-refractivity contribution in [1.29, 1.82) is 0 Å². The van der Waals surface area contributed by atoms with E-state index in [0.717, 1.165) is 32.4 Å². The third-order valence-corrected chi connectivity index (χ3v) is 3.50. The summed E-state index contributed by atoms with van der Waals surface area (Å²) in [5, 5.41) is 15.6. The van der Waals surface area contributed by atoms with Gasteiger partial charge in [0.15, 0.2) is 5.96 Å². The van der Waals surface area contributed by atoms with E-state index in [4.69, 9.17) is 5.11 Å². The number of nitrogens with zero attached hydrogens (tertiary/aromatic N) is 1. The van der Waals surface area contributed by atoms with E-state index in [0.29, 0.717) is 24.0 Å². The van der Waals surface area contributed by atoms with Gasteiger partial charge < -0.3 is 15.7 Å². The van der Waals surface area contributed by atoms with Crippen molar-refractivity contribution in [3.8, 4) is 0 Å². The first kappa shape index (κ1) is 18.4. The minimum absolute atomic E-state index is 0.204. The molecule has 0 radical (unpaired) electrons. The van der Waals surface area contributed by atoms with Crippen LogP contribution in [0.3, 0.4) is 0 Å². The van der Waals surface area contributed by atoms with Crippen LogP contribution in [0.4, 0.5) is 4.39 Å². The van der Waals surface area contributed by atoms with Gasteiger partial charge in [-0.05, 0) is 31.7 Å². The van der Waals surface area contributed by atoms with Crippen molar-refractivity contribution in [1.82, 2.24) is 10.6 Å². The fourth-order valence-electron chi connectivity index (χ4n) is 2.31. The second-order valence-corrected chi connectivity index (χ2v) is 5.33. The van der Waals surface area contributed by atoms with Crippen molar-refractivity contribution < 1.29 is 9.50 Å². The SMILES string of the molecule is CCCC(CCO)CNC(=NCc1ccccc1F)NCC. The molecule has 0 saturated carbocycles. The topological polar surface area (TPSA) is 56.6 Å². The van der Waals surface area contributed by atoms with Gasteiger partial charge in [-0.1, -0.05) is 31.5 Å². The molecule has 4 nitrogen and oxygen atoms in total. The van der Waals surface area contributed by atoms with E-state index >= 15 is 0 Å². The summed E-state index contributed by atoms with van der Waals surface area (Å²) in [4.78, 5) is 4.43. The van der Waals surface area contributed by atoms with Crippen LogP contribution in [0.25, 0.3) is 0 Å². The van der Waals surface area contributed by atoms with E-state index in [2.05, 4.69) is 22.5 Å². The normalized spacial score (nSPS) is 13.0. The maximum atomic E-state index is 13.6. The van der Waals surface area contributed by atoms with Crippen LogP contribution in [0.15, 0.2) is 29.3 Å². The lowest BCUT2D eigenvalue weighted by molar-refractivity contribution is 0.251. The van der Waals surface area contributed by atoms with Crippen molar-refractivity contribution in [2.75, 3.05) is 19.7 Å². The molecule has 3 N–H and O–H groups in total. The summed E-state index contributed by atoms with van der Waals surface area (Å²) in [6.07, 6.45) is 2.95. The first-order chi connectivity index (χ1) is 10.7. The second kappa shape index (κ2) is 11.0. The summed E-state index contributed by atoms with van der Waals surface area (Å²) in [7, 11) is 0. The number of aliphatic imine (C=N–C) groups is 1. The fourth-order valence-corrected chi connectivity index (χ4v) is 2.31. The Hall–Kier alpha value is -1.62. The van der Waals surface area contributed by atoms with E-state index in [1.54, 1.807) is 12.1 Å². The summed E-state index contributed by atoms with van der Waals surface area (Å²) in [5.41, 5.74) is 0.583. The Morgan fingerprint density at radius 2 is 2.00 bits per heavy atom. The molecule has 0 fully saturated rings. The number of hydrogen-bond donors (Lipinski definition) is 3. The van der Waals surface area contributed by atoms with Gasteiger partial charge in [-0.15, -0.1) is 0 Å². The monoisotopic (exact) mass is 309 g/mol. The Kier molecular flexibility index (Phi) is 9.23. The highest BCUT2D eigenvalue weighted by atomic mass is 19.1. The Morgan fingerprint density at radius 3 is 2.64 bits per heavy atom. The smallest absolute Gasteiger partial charge is 0.191 e. The van der Waals surface area contributed by atoms with Crippen LogP contribution in [-0.4, -0.2) is 30.8 Å². The summed E-state index contributed by atoms with van der Waals surface area (Å²) in [5.74, 6) is 0.878. The van der Waals surface area contributed by atoms with E-state index in [1.165, 1.54) is 6.07 Å². The lowest BCUT2D eigenvalue weighted by Crippen LogP contribution is -2.40. The van der Waals surface area contributed by atoms with E-state index in [9.17, 15) is 4.39 Å². The van der Waals surface area contributed by atoms with E-state index < -0.39 is 0 Å². The number of halogens is 1. The van der Waals surface area contributed by atoms with Crippen molar-refractivity contribution in [3.63, 3.8) is 0 Å². The van der Waals surface area contributed by atoms with Crippen LogP contribution in [0.1, 0.15) is 38.7 Å². The molecule has 1 unspecified atom stereocenters. The predicted molar refractivity (Wildman–Crippen MR) is 89.3 cm³/mol. The summed E-state index contributed by atoms with van der Waals surface area (Å²) in [6, 6.07) is 6.68. The van der Waals surface area contributed by atoms with Gasteiger partial charge in [0.05, 0.1) is 6.54 Å². The molecule has 0 heterocycles. The molecule has 0 aliphatic rings. The molecule has 1 aromatic carbocycles. The Bertz CT molecular complexity index is 445. The number of nitrogens with one attached hydrogen (secondary N) is 2. The van der Waals surface area contributed by atoms with Crippen LogP contribution in [0.2, 0.25) is 0 Å². The Morgan fingerprint density at radius 1 is 1.23 bits per heavy atom. The molecule has 1 atom stereocenters. The number of rotatable bonds is 9. The molecule has 0 aromatic heterocycles. The molecule has 1 aromatic rings. The molecule has 0 bridgehead atoms. The predicted octanol–water partition coefficient (Wildman–Crippen LogP) is 2.68. The molecule has 1 rings (SSSR count). The summed E-state index contributed by atoms with van der Waals surface area (Å²) in [6.45, 7) is 6.16. The largest absolute Gasteiger partial charge is 0.396 e. The molecule has 0 spiro atoms. The van der Waals surface area contributed by atoms with Crippen LogP contribution in [-0.2, 0) is 6.54 Å². The maximum absolute atomic E-state index is 13.6. The number of aliphatic hydroxyl groups is 1. The molecular weight excluding hydrogens is 281 g/mol. The molecular formula is C17H28FN3O. The summed E-state index contributed by atoms with van der Waals surface area (Å²) >= 11 is 0. The van der Waals surface area contributed by atoms with Crippen molar-refractivity contribution >= 4 is 5.96 Å². The number of aliphatic hydroxyl groups excluding tert-OH is 1. The first-order valence-corrected chi connectivity index (χ1v) is 8.07. The lowest BCUT2D eigenvalue weighted by Gasteiger charge is -2.18. The molecule has 22 heavy (non-hydrogen) atoms. The zero-order chi connectivity index (χ0) is 16.2. The maximum Gasteiger partial charge on any atom is 0.191 e. The van der Waals surface area contributed by atoms with Gasteiger partial charge >= 0.3 is 0 Å². The van der Waals surface area contributed by atoms with Gasteiger partial charge in [0.2, 0.25) is 0 Å². The quantitative estimate of drug-likeness (QED) is 0.485. The zero-order valence-corrected chi connectivity index (χ0v) is 13.6. The highest BCUT2D eigenvalue weighted by Gasteiger charge is 2.08. The number of benzene rings is 1. The molecule has 0 amide bonds. The lowest BCUT2D eigenvalue weighted by atomic mass is 10.0. The average molecular weight is 309 g/mol. The first-order valence-electron chi connectivity index (χ1n) is 8.07. The molecule has 5 heteroatoms. The standard InChI is InChI=1S/C17H28FN3O/c1-3-7-14(10-11-22)12-20-17(19-4-2)21-13-15-8-5-6-9-16(15)18/h5-6,8-9,14,22H,3-4,7,10-13H2,1-2H3,(H2,19,20,21). The second-order valence-electron chi connectivity index (χ2n) is 5.33. The summed E-state index contributed by atoms with van der Waals surface area (Å²) < 4.78 is 13.6. The van der Waals surface area contributed by atoms with Crippen LogP contribution in [0, 0.1) is 11.7 Å². The number of guanidine groups is 1. The van der Waals surface area contributed by atoms with Gasteiger partial charge in [-0.3, -0.25) is 0 Å². The van der Waals surface area contributed by atoms with Crippen molar-refractivity contribution in [2.45, 2.75) is 39.7 Å². The zero-order valence-electron chi connectivity index (χ0n) is 13.6. The number of hydrogen-bond acceptors (Lipinski definition) is 2. The highest BCUT2D eigenvalue weighted by molar-refractivity contribution is 5.79. The third kappa shape index (κ3) is 6.89. The Labute approximate surface area is 132 Å². The van der Waals surface area contributed by atoms with Crippen LogP contribution >= 0.6 is 0 Å². The highest BCUT2D eigenvalue weighted by Crippen LogP contribution is 2.10. The Balaban J connectivity index is 2.60. The average Bonchev–Trinajstić information content (AvgIpc) is 2.51. The molecule has 0 aliphatic heterocycles. The van der Waals surface area contributed by atoms with Gasteiger partial charge in [-0.2, -0.15) is 0 Å². The van der Waals surface area contributed by atoms with Gasteiger partial charge in [0.1, 0.15) is 5.82 Å². The van der Waals surface area contributed by atoms with Gasteiger partial charge in [0.25, 0.3) is 0 Å². The molecule has 0 saturated heterocycles. The van der Waals surface area contributed by atoms with Gasteiger partial charge in [-0.25, -0.2) is 9.38 Å². The molecule has 124 valence electrons. The minimum Gasteiger partial charge on any atom is -0.396 e. The van der Waals surface area contributed by atoms with Crippen LogP contribution < -0.4 is 10.6 Å². The fraction of sp³-hybridized carbons (Fsp3) is 0.588. The van der Waals surface area contributed by atoms with Crippen molar-refractivity contribution in [2.24, 2.45) is 10.9 Å². The van der Waals surface area contributed by atoms with E-state index in [1.807, 2.05) is 13.0 Å².